The maximum atomic E-state index is 11.3. The SMILES string of the molecule is COc1c(O)c(CCCCCCCCCCO)c(C)c(OC2O[C@H](C(=O)[O-])[C@@H](O)[C@H](O)[C@H]2O)c1OC.[Na+]. The van der Waals surface area contributed by atoms with Gasteiger partial charge in [-0.05, 0) is 26.2 Å². The van der Waals surface area contributed by atoms with E-state index in [0.29, 0.717) is 17.5 Å². The third-order valence-electron chi connectivity index (χ3n) is 6.49. The van der Waals surface area contributed by atoms with Crippen molar-refractivity contribution < 1.29 is 83.9 Å². The number of carboxylic acid groups (broad SMARTS) is 1. The number of phenolic OH excluding ortho intramolecular Hbond substituents is 1. The Hall–Kier alpha value is -1.31. The number of phenols is 1. The average molecular weight is 539 g/mol. The fourth-order valence-corrected chi connectivity index (χ4v) is 4.39. The predicted molar refractivity (Wildman–Crippen MR) is 126 cm³/mol. The van der Waals surface area contributed by atoms with Gasteiger partial charge in [-0.3, -0.25) is 0 Å². The second-order valence-corrected chi connectivity index (χ2v) is 8.98. The fraction of sp³-hybridized carbons (Fsp3) is 0.720. The summed E-state index contributed by atoms with van der Waals surface area (Å²) < 4.78 is 21.7. The van der Waals surface area contributed by atoms with E-state index in [1.807, 2.05) is 0 Å². The van der Waals surface area contributed by atoms with Gasteiger partial charge in [0.1, 0.15) is 24.4 Å². The number of hydrogen-bond acceptors (Lipinski definition) is 11. The Morgan fingerprint density at radius 3 is 1.92 bits per heavy atom. The van der Waals surface area contributed by atoms with Gasteiger partial charge >= 0.3 is 29.6 Å². The van der Waals surface area contributed by atoms with Crippen LogP contribution in [0.1, 0.15) is 62.5 Å². The molecule has 0 bridgehead atoms. The van der Waals surface area contributed by atoms with Crippen LogP contribution in [0.2, 0.25) is 0 Å². The molecule has 1 unspecified atom stereocenters. The zero-order chi connectivity index (χ0) is 26.8. The number of aromatic hydroxyl groups is 1. The molecule has 0 saturated carbocycles. The van der Waals surface area contributed by atoms with Gasteiger partial charge in [-0.1, -0.05) is 38.5 Å². The van der Waals surface area contributed by atoms with E-state index in [9.17, 15) is 30.3 Å². The summed E-state index contributed by atoms with van der Waals surface area (Å²) in [5.74, 6) is -1.85. The van der Waals surface area contributed by atoms with Crippen molar-refractivity contribution in [3.05, 3.63) is 11.1 Å². The fourth-order valence-electron chi connectivity index (χ4n) is 4.39. The molecule has 1 aliphatic heterocycles. The van der Waals surface area contributed by atoms with E-state index in [-0.39, 0.29) is 59.2 Å². The number of aliphatic hydroxyl groups excluding tert-OH is 4. The van der Waals surface area contributed by atoms with E-state index in [0.717, 1.165) is 51.4 Å². The summed E-state index contributed by atoms with van der Waals surface area (Å²) in [7, 11) is 2.67. The first-order valence-electron chi connectivity index (χ1n) is 12.3. The first kappa shape index (κ1) is 33.7. The Balaban J connectivity index is 0.00000684. The number of carbonyl (C=O) groups is 1. The Bertz CT molecular complexity index is 851. The third-order valence-corrected chi connectivity index (χ3v) is 6.49. The first-order chi connectivity index (χ1) is 17.2. The molecule has 1 fully saturated rings. The molecule has 5 N–H and O–H groups in total. The number of methoxy groups -OCH3 is 2. The third kappa shape index (κ3) is 8.59. The molecule has 0 amide bonds. The topological polar surface area (TPSA) is 178 Å². The molecule has 1 aromatic carbocycles. The molecule has 0 spiro atoms. The molecular formula is C25H39NaO11. The van der Waals surface area contributed by atoms with Crippen LogP contribution in [-0.2, 0) is 16.0 Å². The molecule has 1 saturated heterocycles. The maximum Gasteiger partial charge on any atom is 1.00 e. The van der Waals surface area contributed by atoms with Crippen molar-refractivity contribution in [2.75, 3.05) is 20.8 Å². The molecular weight excluding hydrogens is 499 g/mol. The van der Waals surface area contributed by atoms with Gasteiger partial charge in [0.25, 0.3) is 0 Å². The summed E-state index contributed by atoms with van der Waals surface area (Å²) in [6.07, 6.45) is -0.769. The molecule has 11 nitrogen and oxygen atoms in total. The van der Waals surface area contributed by atoms with E-state index < -0.39 is 36.7 Å². The van der Waals surface area contributed by atoms with Gasteiger partial charge in [0.05, 0.1) is 20.2 Å². The number of aliphatic carboxylic acids is 1. The van der Waals surface area contributed by atoms with Crippen LogP contribution >= 0.6 is 0 Å². The van der Waals surface area contributed by atoms with Crippen molar-refractivity contribution >= 4 is 5.97 Å². The Morgan fingerprint density at radius 2 is 1.41 bits per heavy atom. The van der Waals surface area contributed by atoms with Crippen LogP contribution in [-0.4, -0.2) is 83.0 Å². The van der Waals surface area contributed by atoms with Crippen molar-refractivity contribution in [2.45, 2.75) is 95.4 Å². The molecule has 12 heteroatoms. The van der Waals surface area contributed by atoms with Crippen LogP contribution in [0.15, 0.2) is 0 Å². The van der Waals surface area contributed by atoms with Gasteiger partial charge in [0.2, 0.25) is 17.8 Å². The molecule has 37 heavy (non-hydrogen) atoms. The van der Waals surface area contributed by atoms with Gasteiger partial charge in [0, 0.05) is 17.7 Å². The van der Waals surface area contributed by atoms with Crippen LogP contribution in [0.4, 0.5) is 0 Å². The standard InChI is InChI=1S/C25H40O11.Na/c1-14-15(12-10-8-6-4-5-7-9-11-13-26)16(27)21(33-2)23(34-3)20(14)35-25-19(30)17(28)18(29)22(36-25)24(31)32;/h17-19,22,25-30H,4-13H2,1-3H3,(H,31,32);/q;+1/p-1/t17-,18-,19+,22-,25?;/m0./s1. The minimum atomic E-state index is -1.93. The summed E-state index contributed by atoms with van der Waals surface area (Å²) in [6, 6.07) is 0. The molecule has 1 aromatic rings. The number of rotatable bonds is 15. The van der Waals surface area contributed by atoms with Crippen molar-refractivity contribution in [1.29, 1.82) is 0 Å². The van der Waals surface area contributed by atoms with E-state index in [1.54, 1.807) is 6.92 Å². The van der Waals surface area contributed by atoms with Gasteiger partial charge < -0.3 is 54.4 Å². The number of carbonyl (C=O) groups excluding carboxylic acids is 1. The van der Waals surface area contributed by atoms with E-state index in [1.165, 1.54) is 14.2 Å². The Kier molecular flexibility index (Phi) is 15.1. The molecule has 1 heterocycles. The summed E-state index contributed by atoms with van der Waals surface area (Å²) in [4.78, 5) is 11.3. The van der Waals surface area contributed by atoms with Crippen molar-refractivity contribution in [3.63, 3.8) is 0 Å². The monoisotopic (exact) mass is 538 g/mol. The Labute approximate surface area is 239 Å². The largest absolute Gasteiger partial charge is 1.00 e. The van der Waals surface area contributed by atoms with E-state index >= 15 is 0 Å². The van der Waals surface area contributed by atoms with Gasteiger partial charge in [-0.2, -0.15) is 0 Å². The molecule has 0 radical (unpaired) electrons. The number of benzene rings is 1. The Morgan fingerprint density at radius 1 is 0.865 bits per heavy atom. The molecule has 0 aromatic heterocycles. The number of unbranched alkanes of at least 4 members (excludes halogenated alkanes) is 7. The summed E-state index contributed by atoms with van der Waals surface area (Å²) in [5.41, 5.74) is 1.00. The van der Waals surface area contributed by atoms with Crippen LogP contribution in [0.3, 0.4) is 0 Å². The van der Waals surface area contributed by atoms with Gasteiger partial charge in [-0.15, -0.1) is 0 Å². The second-order valence-electron chi connectivity index (χ2n) is 8.98. The van der Waals surface area contributed by atoms with Crippen LogP contribution < -0.4 is 48.9 Å². The minimum absolute atomic E-state index is 0. The smallest absolute Gasteiger partial charge is 0.547 e. The minimum Gasteiger partial charge on any atom is -0.547 e. The van der Waals surface area contributed by atoms with Crippen molar-refractivity contribution in [3.8, 4) is 23.0 Å². The summed E-state index contributed by atoms with van der Waals surface area (Å²) in [5, 5.41) is 61.4. The molecule has 2 rings (SSSR count). The quantitative estimate of drug-likeness (QED) is 0.116. The van der Waals surface area contributed by atoms with Crippen LogP contribution in [0.25, 0.3) is 0 Å². The molecule has 5 atom stereocenters. The van der Waals surface area contributed by atoms with Gasteiger partial charge in [0.15, 0.2) is 11.5 Å². The second kappa shape index (κ2) is 16.6. The zero-order valence-corrected chi connectivity index (χ0v) is 24.1. The average Bonchev–Trinajstić information content (AvgIpc) is 2.85. The molecule has 1 aliphatic rings. The van der Waals surface area contributed by atoms with Crippen molar-refractivity contribution in [2.24, 2.45) is 0 Å². The summed E-state index contributed by atoms with van der Waals surface area (Å²) in [6.45, 7) is 1.90. The molecule has 206 valence electrons. The van der Waals surface area contributed by atoms with Gasteiger partial charge in [-0.25, -0.2) is 0 Å². The number of hydrogen-bond donors (Lipinski definition) is 5. The summed E-state index contributed by atoms with van der Waals surface area (Å²) >= 11 is 0. The zero-order valence-electron chi connectivity index (χ0n) is 22.1. The van der Waals surface area contributed by atoms with Crippen LogP contribution in [0.5, 0.6) is 23.0 Å². The van der Waals surface area contributed by atoms with Crippen molar-refractivity contribution in [1.82, 2.24) is 0 Å². The molecule has 0 aliphatic carbocycles. The van der Waals surface area contributed by atoms with E-state index in [4.69, 9.17) is 24.1 Å². The first-order valence-corrected chi connectivity index (χ1v) is 12.3. The number of ether oxygens (including phenoxy) is 4. The number of carboxylic acids is 1. The van der Waals surface area contributed by atoms with E-state index in [2.05, 4.69) is 0 Å². The van der Waals surface area contributed by atoms with Crippen LogP contribution in [0, 0.1) is 6.92 Å². The maximum absolute atomic E-state index is 11.3. The predicted octanol–water partition coefficient (Wildman–Crippen LogP) is -2.69. The normalized spacial score (nSPS) is 23.3. The number of aliphatic hydroxyl groups is 4.